The van der Waals surface area contributed by atoms with Crippen LogP contribution in [0.25, 0.3) is 28.1 Å². The number of likely N-dealkylation sites (tertiary alicyclic amines) is 1. The van der Waals surface area contributed by atoms with Crippen molar-refractivity contribution >= 4 is 16.6 Å². The Bertz CT molecular complexity index is 1430. The molecule has 4 heterocycles. The summed E-state index contributed by atoms with van der Waals surface area (Å²) in [4.78, 5) is 6.15. The minimum Gasteiger partial charge on any atom is -0.394 e. The summed E-state index contributed by atoms with van der Waals surface area (Å²) in [7, 11) is 0. The van der Waals surface area contributed by atoms with Gasteiger partial charge in [0.2, 0.25) is 0 Å². The van der Waals surface area contributed by atoms with Gasteiger partial charge in [0.25, 0.3) is 0 Å². The highest BCUT2D eigenvalue weighted by atomic mass is 19.4. The predicted octanol–water partition coefficient (Wildman–Crippen LogP) is 4.24. The third kappa shape index (κ3) is 4.33. The average molecular weight is 499 g/mol. The Morgan fingerprint density at radius 3 is 2.53 bits per heavy atom. The van der Waals surface area contributed by atoms with Gasteiger partial charge in [-0.2, -0.15) is 13.2 Å². The van der Waals surface area contributed by atoms with E-state index in [0.717, 1.165) is 16.5 Å². The molecule has 0 radical (unpaired) electrons. The molecule has 4 aromatic rings. The highest BCUT2D eigenvalue weighted by Crippen LogP contribution is 2.41. The number of aromatic nitrogens is 4. The molecule has 36 heavy (non-hydrogen) atoms. The van der Waals surface area contributed by atoms with Gasteiger partial charge in [0.05, 0.1) is 17.7 Å². The number of para-hydroxylation sites is 1. The number of aliphatic hydroxyl groups is 1. The van der Waals surface area contributed by atoms with E-state index in [4.69, 9.17) is 10.7 Å². The molecule has 0 unspecified atom stereocenters. The summed E-state index contributed by atoms with van der Waals surface area (Å²) >= 11 is 0. The number of nitrogens with two attached hydrogens (primary N) is 1. The standard InChI is InChI=1S/C26H29F3N6O/c1-24(2,3)18-6-4-5-16-7-9-19(31-21(16)18)23-33-32-20-10-8-17(13-35(20)23)22(26(27,28)29)34-12-11-25(30,14-34)15-36/h4-10,13,22,36H,11-12,14-15,30H2,1-3H3/t22-,25+/m1/s1. The van der Waals surface area contributed by atoms with Gasteiger partial charge in [-0.05, 0) is 35.1 Å². The van der Waals surface area contributed by atoms with Crippen LogP contribution in [0.4, 0.5) is 13.2 Å². The van der Waals surface area contributed by atoms with E-state index in [1.54, 1.807) is 4.40 Å². The van der Waals surface area contributed by atoms with Gasteiger partial charge in [0.15, 0.2) is 11.5 Å². The Labute approximate surface area is 206 Å². The van der Waals surface area contributed by atoms with Crippen LogP contribution in [0.15, 0.2) is 48.7 Å². The Morgan fingerprint density at radius 2 is 1.86 bits per heavy atom. The van der Waals surface area contributed by atoms with Gasteiger partial charge in [-0.3, -0.25) is 9.30 Å². The molecule has 3 aromatic heterocycles. The van der Waals surface area contributed by atoms with Crippen molar-refractivity contribution in [3.8, 4) is 11.5 Å². The van der Waals surface area contributed by atoms with E-state index in [0.29, 0.717) is 17.2 Å². The fourth-order valence-corrected chi connectivity index (χ4v) is 5.01. The summed E-state index contributed by atoms with van der Waals surface area (Å²) in [5.41, 5.74) is 7.77. The minimum atomic E-state index is -4.54. The van der Waals surface area contributed by atoms with Gasteiger partial charge in [0.1, 0.15) is 11.7 Å². The summed E-state index contributed by atoms with van der Waals surface area (Å²) in [6, 6.07) is 10.8. The summed E-state index contributed by atoms with van der Waals surface area (Å²) in [6.45, 7) is 6.04. The van der Waals surface area contributed by atoms with E-state index in [1.165, 1.54) is 23.2 Å². The summed E-state index contributed by atoms with van der Waals surface area (Å²) < 4.78 is 44.4. The molecule has 2 atom stereocenters. The lowest BCUT2D eigenvalue weighted by Crippen LogP contribution is -2.48. The van der Waals surface area contributed by atoms with Crippen molar-refractivity contribution in [2.24, 2.45) is 5.73 Å². The zero-order chi connectivity index (χ0) is 25.9. The van der Waals surface area contributed by atoms with Gasteiger partial charge in [-0.15, -0.1) is 10.2 Å². The number of benzene rings is 1. The molecular weight excluding hydrogens is 469 g/mol. The van der Waals surface area contributed by atoms with Crippen LogP contribution >= 0.6 is 0 Å². The molecule has 1 aliphatic heterocycles. The molecule has 1 saturated heterocycles. The SMILES string of the molecule is CC(C)(C)c1cccc2ccc(-c3nnc4ccc([C@@H](N5CC[C@@](N)(CO)C5)C(F)(F)F)cn34)nc12. The zero-order valence-electron chi connectivity index (χ0n) is 20.4. The summed E-state index contributed by atoms with van der Waals surface area (Å²) in [6.07, 6.45) is -2.82. The van der Waals surface area contributed by atoms with Crippen molar-refractivity contribution in [1.82, 2.24) is 24.5 Å². The fraction of sp³-hybridized carbons (Fsp3) is 0.423. The van der Waals surface area contributed by atoms with Gasteiger partial charge in [-0.25, -0.2) is 4.98 Å². The second kappa shape index (κ2) is 8.50. The molecular formula is C26H29F3N6O. The van der Waals surface area contributed by atoms with Crippen molar-refractivity contribution < 1.29 is 18.3 Å². The summed E-state index contributed by atoms with van der Waals surface area (Å²) in [5, 5.41) is 19.0. The lowest BCUT2D eigenvalue weighted by atomic mass is 9.85. The Kier molecular flexibility index (Phi) is 5.81. The molecule has 5 rings (SSSR count). The summed E-state index contributed by atoms with van der Waals surface area (Å²) in [5.74, 6) is 0.364. The topological polar surface area (TPSA) is 92.6 Å². The van der Waals surface area contributed by atoms with Crippen LogP contribution in [0.1, 0.15) is 44.4 Å². The van der Waals surface area contributed by atoms with Crippen LogP contribution in [0.5, 0.6) is 0 Å². The van der Waals surface area contributed by atoms with Crippen molar-refractivity contribution in [3.05, 3.63) is 59.8 Å². The molecule has 1 aromatic carbocycles. The number of pyridine rings is 2. The van der Waals surface area contributed by atoms with Crippen molar-refractivity contribution in [3.63, 3.8) is 0 Å². The van der Waals surface area contributed by atoms with E-state index in [9.17, 15) is 18.3 Å². The third-order valence-electron chi connectivity index (χ3n) is 6.90. The molecule has 0 bridgehead atoms. The first-order valence-corrected chi connectivity index (χ1v) is 11.9. The number of nitrogens with zero attached hydrogens (tertiary/aromatic N) is 5. The number of fused-ring (bicyclic) bond motifs is 2. The second-order valence-corrected chi connectivity index (χ2v) is 10.7. The molecule has 7 nitrogen and oxygen atoms in total. The molecule has 0 aliphatic carbocycles. The number of hydrogen-bond acceptors (Lipinski definition) is 6. The number of aliphatic hydroxyl groups excluding tert-OH is 1. The lowest BCUT2D eigenvalue weighted by Gasteiger charge is -2.31. The Morgan fingerprint density at radius 1 is 1.08 bits per heavy atom. The quantitative estimate of drug-likeness (QED) is 0.437. The Balaban J connectivity index is 1.61. The van der Waals surface area contributed by atoms with Crippen LogP contribution < -0.4 is 5.73 Å². The van der Waals surface area contributed by atoms with Gasteiger partial charge >= 0.3 is 6.18 Å². The van der Waals surface area contributed by atoms with Gasteiger partial charge < -0.3 is 10.8 Å². The van der Waals surface area contributed by atoms with Crippen molar-refractivity contribution in [2.45, 2.75) is 50.4 Å². The monoisotopic (exact) mass is 498 g/mol. The van der Waals surface area contributed by atoms with Crippen LogP contribution in [0, 0.1) is 0 Å². The molecule has 1 aliphatic rings. The number of rotatable bonds is 4. The molecule has 1 fully saturated rings. The third-order valence-corrected chi connectivity index (χ3v) is 6.90. The molecule has 10 heteroatoms. The van der Waals surface area contributed by atoms with Crippen LogP contribution in [0.2, 0.25) is 0 Å². The maximum atomic E-state index is 14.3. The first-order chi connectivity index (χ1) is 16.9. The Hall–Kier alpha value is -3.08. The van der Waals surface area contributed by atoms with E-state index in [1.807, 2.05) is 30.3 Å². The zero-order valence-corrected chi connectivity index (χ0v) is 20.4. The van der Waals surface area contributed by atoms with Crippen LogP contribution in [-0.2, 0) is 5.41 Å². The van der Waals surface area contributed by atoms with E-state index >= 15 is 0 Å². The van der Waals surface area contributed by atoms with E-state index in [-0.39, 0.29) is 37.1 Å². The van der Waals surface area contributed by atoms with Crippen molar-refractivity contribution in [2.75, 3.05) is 19.7 Å². The predicted molar refractivity (Wildman–Crippen MR) is 131 cm³/mol. The fourth-order valence-electron chi connectivity index (χ4n) is 5.01. The highest BCUT2D eigenvalue weighted by molar-refractivity contribution is 5.84. The number of halogens is 3. The van der Waals surface area contributed by atoms with E-state index < -0.39 is 17.8 Å². The van der Waals surface area contributed by atoms with Crippen LogP contribution in [-0.4, -0.2) is 61.0 Å². The minimum absolute atomic E-state index is 0.0504. The molecule has 0 spiro atoms. The van der Waals surface area contributed by atoms with Crippen LogP contribution in [0.3, 0.4) is 0 Å². The van der Waals surface area contributed by atoms with E-state index in [2.05, 4.69) is 31.0 Å². The maximum Gasteiger partial charge on any atom is 0.408 e. The highest BCUT2D eigenvalue weighted by Gasteiger charge is 2.49. The maximum absolute atomic E-state index is 14.3. The number of alkyl halides is 3. The molecule has 0 amide bonds. The first-order valence-electron chi connectivity index (χ1n) is 11.9. The molecule has 190 valence electrons. The van der Waals surface area contributed by atoms with Gasteiger partial charge in [0, 0.05) is 24.7 Å². The normalized spacial score (nSPS) is 20.4. The lowest BCUT2D eigenvalue weighted by molar-refractivity contribution is -0.184. The van der Waals surface area contributed by atoms with Crippen molar-refractivity contribution in [1.29, 1.82) is 0 Å². The molecule has 0 saturated carbocycles. The smallest absolute Gasteiger partial charge is 0.394 e. The number of hydrogen-bond donors (Lipinski definition) is 2. The first kappa shape index (κ1) is 24.6. The molecule has 3 N–H and O–H groups in total. The van der Waals surface area contributed by atoms with Gasteiger partial charge in [-0.1, -0.05) is 51.1 Å². The average Bonchev–Trinajstić information content (AvgIpc) is 3.41. The largest absolute Gasteiger partial charge is 0.408 e. The second-order valence-electron chi connectivity index (χ2n) is 10.7.